The van der Waals surface area contributed by atoms with E-state index in [2.05, 4.69) is 5.32 Å². The molecule has 1 amide bonds. The summed E-state index contributed by atoms with van der Waals surface area (Å²) < 4.78 is 57.6. The molecule has 0 radical (unpaired) electrons. The van der Waals surface area contributed by atoms with Gasteiger partial charge in [0.1, 0.15) is 5.82 Å². The van der Waals surface area contributed by atoms with E-state index in [1.807, 2.05) is 4.90 Å². The van der Waals surface area contributed by atoms with Crippen molar-refractivity contribution in [2.75, 3.05) is 42.3 Å². The van der Waals surface area contributed by atoms with Gasteiger partial charge in [0.25, 0.3) is 0 Å². The number of alkyl halides is 3. The predicted molar refractivity (Wildman–Crippen MR) is 106 cm³/mol. The van der Waals surface area contributed by atoms with Gasteiger partial charge in [-0.25, -0.2) is 4.39 Å². The van der Waals surface area contributed by atoms with Crippen LogP contribution in [-0.2, 0) is 21.5 Å². The summed E-state index contributed by atoms with van der Waals surface area (Å²) in [6.07, 6.45) is -4.50. The monoisotopic (exact) mass is 428 g/mol. The quantitative estimate of drug-likeness (QED) is 0.686. The Balaban J connectivity index is 1.67. The van der Waals surface area contributed by atoms with Crippen molar-refractivity contribution in [2.45, 2.75) is 11.9 Å². The van der Waals surface area contributed by atoms with Crippen LogP contribution in [0, 0.1) is 5.82 Å². The van der Waals surface area contributed by atoms with Crippen LogP contribution in [0.15, 0.2) is 42.5 Å². The standard InChI is InChI=1S/C20H20F4N2O2S/c21-16-4-1-14(2-5-16)12-29-13-19(27)25-17-11-15(20(22,23)24)3-6-18(17)26-7-9-28-10-8-26/h1-6,11H,7-10,12-13H2,(H,25,27). The van der Waals surface area contributed by atoms with Crippen LogP contribution >= 0.6 is 11.8 Å². The number of ether oxygens (including phenoxy) is 1. The molecule has 0 bridgehead atoms. The molecule has 2 aromatic carbocycles. The average molecular weight is 428 g/mol. The summed E-state index contributed by atoms with van der Waals surface area (Å²) in [4.78, 5) is 14.2. The van der Waals surface area contributed by atoms with E-state index >= 15 is 0 Å². The number of anilines is 2. The van der Waals surface area contributed by atoms with E-state index in [-0.39, 0.29) is 17.3 Å². The molecule has 0 aromatic heterocycles. The molecule has 1 aliphatic rings. The zero-order chi connectivity index (χ0) is 20.9. The number of nitrogens with zero attached hydrogens (tertiary/aromatic N) is 1. The first-order valence-electron chi connectivity index (χ1n) is 8.99. The lowest BCUT2D eigenvalue weighted by Gasteiger charge is -2.31. The molecule has 1 N–H and O–H groups in total. The average Bonchev–Trinajstić information content (AvgIpc) is 2.69. The molecule has 1 aliphatic heterocycles. The maximum absolute atomic E-state index is 13.1. The molecule has 4 nitrogen and oxygen atoms in total. The number of hydrogen-bond donors (Lipinski definition) is 1. The van der Waals surface area contributed by atoms with Gasteiger partial charge in [0.05, 0.1) is 35.9 Å². The van der Waals surface area contributed by atoms with E-state index in [1.54, 1.807) is 12.1 Å². The Morgan fingerprint density at radius 2 is 1.79 bits per heavy atom. The molecule has 0 atom stereocenters. The minimum atomic E-state index is -4.50. The Hall–Kier alpha value is -2.26. The highest BCUT2D eigenvalue weighted by Gasteiger charge is 2.31. The summed E-state index contributed by atoms with van der Waals surface area (Å²) in [7, 11) is 0. The second-order valence-corrected chi connectivity index (χ2v) is 7.48. The highest BCUT2D eigenvalue weighted by Crippen LogP contribution is 2.35. The number of halogens is 4. The number of thioether (sulfide) groups is 1. The number of carbonyl (C=O) groups is 1. The first kappa shape index (κ1) is 21.4. The first-order chi connectivity index (χ1) is 13.8. The van der Waals surface area contributed by atoms with E-state index in [4.69, 9.17) is 4.74 Å². The van der Waals surface area contributed by atoms with E-state index in [0.29, 0.717) is 37.7 Å². The lowest BCUT2D eigenvalue weighted by molar-refractivity contribution is -0.137. The van der Waals surface area contributed by atoms with Crippen molar-refractivity contribution in [1.29, 1.82) is 0 Å². The molecule has 1 fully saturated rings. The molecule has 2 aromatic rings. The van der Waals surface area contributed by atoms with Crippen LogP contribution in [0.1, 0.15) is 11.1 Å². The molecule has 0 aliphatic carbocycles. The Morgan fingerprint density at radius 3 is 2.45 bits per heavy atom. The number of rotatable bonds is 6. The molecule has 0 saturated carbocycles. The minimum absolute atomic E-state index is 0.0656. The third kappa shape index (κ3) is 6.11. The largest absolute Gasteiger partial charge is 0.416 e. The van der Waals surface area contributed by atoms with Gasteiger partial charge in [0.2, 0.25) is 5.91 Å². The van der Waals surface area contributed by atoms with Crippen molar-refractivity contribution >= 4 is 29.0 Å². The molecular weight excluding hydrogens is 408 g/mol. The molecule has 1 heterocycles. The Bertz CT molecular complexity index is 837. The fraction of sp³-hybridized carbons (Fsp3) is 0.350. The lowest BCUT2D eigenvalue weighted by Crippen LogP contribution is -2.37. The topological polar surface area (TPSA) is 41.6 Å². The lowest BCUT2D eigenvalue weighted by atomic mass is 10.1. The van der Waals surface area contributed by atoms with E-state index in [0.717, 1.165) is 17.7 Å². The van der Waals surface area contributed by atoms with Crippen molar-refractivity contribution in [1.82, 2.24) is 0 Å². The number of carbonyl (C=O) groups excluding carboxylic acids is 1. The summed E-state index contributed by atoms with van der Waals surface area (Å²) in [5.74, 6) is -0.175. The third-order valence-electron chi connectivity index (χ3n) is 4.36. The molecular formula is C20H20F4N2O2S. The second-order valence-electron chi connectivity index (χ2n) is 6.50. The number of hydrogen-bond acceptors (Lipinski definition) is 4. The van der Waals surface area contributed by atoms with Gasteiger partial charge in [-0.1, -0.05) is 12.1 Å². The molecule has 0 spiro atoms. The van der Waals surface area contributed by atoms with Crippen molar-refractivity contribution < 1.29 is 27.1 Å². The molecule has 9 heteroatoms. The number of amides is 1. The Labute approximate surface area is 170 Å². The van der Waals surface area contributed by atoms with Gasteiger partial charge in [-0.3, -0.25) is 4.79 Å². The van der Waals surface area contributed by atoms with Gasteiger partial charge in [0, 0.05) is 18.8 Å². The Kier molecular flexibility index (Phi) is 7.02. The maximum Gasteiger partial charge on any atom is 0.416 e. The zero-order valence-electron chi connectivity index (χ0n) is 15.5. The summed E-state index contributed by atoms with van der Waals surface area (Å²) in [6.45, 7) is 2.02. The highest BCUT2D eigenvalue weighted by molar-refractivity contribution is 7.99. The smallest absolute Gasteiger partial charge is 0.378 e. The van der Waals surface area contributed by atoms with Gasteiger partial charge in [0.15, 0.2) is 0 Å². The first-order valence-corrected chi connectivity index (χ1v) is 10.1. The number of nitrogens with one attached hydrogen (secondary N) is 1. The van der Waals surface area contributed by atoms with Crippen molar-refractivity contribution in [3.8, 4) is 0 Å². The van der Waals surface area contributed by atoms with E-state index in [9.17, 15) is 22.4 Å². The van der Waals surface area contributed by atoms with Gasteiger partial charge in [-0.05, 0) is 35.9 Å². The molecule has 1 saturated heterocycles. The Morgan fingerprint density at radius 1 is 1.10 bits per heavy atom. The molecule has 29 heavy (non-hydrogen) atoms. The molecule has 0 unspecified atom stereocenters. The summed E-state index contributed by atoms with van der Waals surface area (Å²) in [6, 6.07) is 9.31. The second kappa shape index (κ2) is 9.49. The number of benzene rings is 2. The van der Waals surface area contributed by atoms with Gasteiger partial charge in [-0.2, -0.15) is 13.2 Å². The van der Waals surface area contributed by atoms with Crippen LogP contribution in [0.25, 0.3) is 0 Å². The molecule has 156 valence electrons. The van der Waals surface area contributed by atoms with Crippen LogP contribution in [0.3, 0.4) is 0 Å². The highest BCUT2D eigenvalue weighted by atomic mass is 32.2. The fourth-order valence-electron chi connectivity index (χ4n) is 2.92. The van der Waals surface area contributed by atoms with Gasteiger partial charge in [-0.15, -0.1) is 11.8 Å². The predicted octanol–water partition coefficient (Wildman–Crippen LogP) is 4.55. The van der Waals surface area contributed by atoms with Gasteiger partial charge >= 0.3 is 6.18 Å². The summed E-state index contributed by atoms with van der Waals surface area (Å²) >= 11 is 1.30. The normalized spacial score (nSPS) is 14.7. The maximum atomic E-state index is 13.1. The SMILES string of the molecule is O=C(CSCc1ccc(F)cc1)Nc1cc(C(F)(F)F)ccc1N1CCOCC1. The molecule has 3 rings (SSSR count). The van der Waals surface area contributed by atoms with E-state index < -0.39 is 17.6 Å². The van der Waals surface area contributed by atoms with Crippen molar-refractivity contribution in [2.24, 2.45) is 0 Å². The van der Waals surface area contributed by atoms with Crippen LogP contribution in [-0.4, -0.2) is 38.0 Å². The third-order valence-corrected chi connectivity index (χ3v) is 5.37. The van der Waals surface area contributed by atoms with Crippen LogP contribution in [0.4, 0.5) is 28.9 Å². The minimum Gasteiger partial charge on any atom is -0.378 e. The fourth-order valence-corrected chi connectivity index (χ4v) is 3.71. The van der Waals surface area contributed by atoms with Gasteiger partial charge < -0.3 is 15.0 Å². The summed E-state index contributed by atoms with van der Waals surface area (Å²) in [5.41, 5.74) is 0.716. The van der Waals surface area contributed by atoms with Crippen molar-refractivity contribution in [3.63, 3.8) is 0 Å². The van der Waals surface area contributed by atoms with Crippen LogP contribution in [0.5, 0.6) is 0 Å². The number of morpholine rings is 1. The zero-order valence-corrected chi connectivity index (χ0v) is 16.3. The van der Waals surface area contributed by atoms with Crippen LogP contribution < -0.4 is 10.2 Å². The van der Waals surface area contributed by atoms with E-state index in [1.165, 1.54) is 30.0 Å². The van der Waals surface area contributed by atoms with Crippen LogP contribution in [0.2, 0.25) is 0 Å². The summed E-state index contributed by atoms with van der Waals surface area (Å²) in [5, 5.41) is 2.61. The van der Waals surface area contributed by atoms with Crippen molar-refractivity contribution in [3.05, 3.63) is 59.4 Å².